The molecule has 18 heavy (non-hydrogen) atoms. The second kappa shape index (κ2) is 5.37. The van der Waals surface area contributed by atoms with E-state index in [0.717, 1.165) is 18.1 Å². The molecule has 2 atom stereocenters. The number of likely N-dealkylation sites (tertiary alicyclic amines) is 1. The molecule has 0 aromatic heterocycles. The maximum atomic E-state index is 5.92. The normalized spacial score (nSPS) is 26.3. The molecule has 0 N–H and O–H groups in total. The van der Waals surface area contributed by atoms with Crippen LogP contribution in [0.3, 0.4) is 0 Å². The number of rotatable bonds is 1. The summed E-state index contributed by atoms with van der Waals surface area (Å²) in [5, 5.41) is 0. The first kappa shape index (κ1) is 13.5. The minimum absolute atomic E-state index is 0. The molecule has 1 aromatic carbocycles. The van der Waals surface area contributed by atoms with Gasteiger partial charge < -0.3 is 9.47 Å². The van der Waals surface area contributed by atoms with Crippen molar-refractivity contribution in [2.45, 2.75) is 24.8 Å². The molecule has 1 saturated heterocycles. The average Bonchev–Trinajstić information content (AvgIpc) is 2.38. The highest BCUT2D eigenvalue weighted by Crippen LogP contribution is 2.44. The van der Waals surface area contributed by atoms with Crippen LogP contribution in [0.2, 0.25) is 0 Å². The lowest BCUT2D eigenvalue weighted by Gasteiger charge is -2.42. The van der Waals surface area contributed by atoms with Crippen molar-refractivity contribution in [1.29, 1.82) is 0 Å². The number of piperidine rings is 1. The van der Waals surface area contributed by atoms with Crippen molar-refractivity contribution in [3.05, 3.63) is 23.8 Å². The third-order valence-corrected chi connectivity index (χ3v) is 4.08. The van der Waals surface area contributed by atoms with Gasteiger partial charge in [0.05, 0.1) is 13.2 Å². The standard InChI is InChI=1S/C14H19NO2.ClH/c1-15-8-4-6-10-11-5-3-7-13(16-2)14(11)17-9-12(10)15;/h3,5,7,10,12H,4,6,8-9H2,1-2H3;1H/t10-,12-;/m0./s1. The number of hydrogen-bond acceptors (Lipinski definition) is 3. The van der Waals surface area contributed by atoms with Gasteiger partial charge in [-0.25, -0.2) is 0 Å². The molecule has 0 bridgehead atoms. The number of nitrogens with zero attached hydrogens (tertiary/aromatic N) is 1. The monoisotopic (exact) mass is 269 g/mol. The lowest BCUT2D eigenvalue weighted by Crippen LogP contribution is -2.47. The highest BCUT2D eigenvalue weighted by molar-refractivity contribution is 5.85. The van der Waals surface area contributed by atoms with Crippen LogP contribution in [0.4, 0.5) is 0 Å². The number of hydrogen-bond donors (Lipinski definition) is 0. The van der Waals surface area contributed by atoms with Gasteiger partial charge in [0.15, 0.2) is 11.5 Å². The van der Waals surface area contributed by atoms with E-state index in [-0.39, 0.29) is 12.4 Å². The third kappa shape index (κ3) is 2.06. The van der Waals surface area contributed by atoms with Gasteiger partial charge in [0, 0.05) is 11.5 Å². The van der Waals surface area contributed by atoms with E-state index in [0.29, 0.717) is 12.0 Å². The quantitative estimate of drug-likeness (QED) is 0.782. The summed E-state index contributed by atoms with van der Waals surface area (Å²) >= 11 is 0. The molecular weight excluding hydrogens is 250 g/mol. The van der Waals surface area contributed by atoms with Gasteiger partial charge >= 0.3 is 0 Å². The van der Waals surface area contributed by atoms with Crippen molar-refractivity contribution in [3.63, 3.8) is 0 Å². The van der Waals surface area contributed by atoms with Gasteiger partial charge in [-0.05, 0) is 32.5 Å². The molecule has 0 aliphatic carbocycles. The van der Waals surface area contributed by atoms with Crippen LogP contribution in [0.15, 0.2) is 18.2 Å². The number of para-hydroxylation sites is 1. The summed E-state index contributed by atoms with van der Waals surface area (Å²) in [4.78, 5) is 2.43. The maximum Gasteiger partial charge on any atom is 0.164 e. The van der Waals surface area contributed by atoms with Crippen LogP contribution in [-0.2, 0) is 0 Å². The Balaban J connectivity index is 0.00000120. The molecule has 4 heteroatoms. The van der Waals surface area contributed by atoms with E-state index in [1.54, 1.807) is 7.11 Å². The highest BCUT2D eigenvalue weighted by Gasteiger charge is 2.36. The molecule has 0 unspecified atom stereocenters. The number of ether oxygens (including phenoxy) is 2. The molecule has 1 fully saturated rings. The van der Waals surface area contributed by atoms with Gasteiger partial charge in [-0.3, -0.25) is 4.90 Å². The van der Waals surface area contributed by atoms with Crippen LogP contribution in [0, 0.1) is 0 Å². The zero-order valence-electron chi connectivity index (χ0n) is 10.9. The molecule has 0 amide bonds. The number of fused-ring (bicyclic) bond motifs is 3. The van der Waals surface area contributed by atoms with E-state index in [9.17, 15) is 0 Å². The topological polar surface area (TPSA) is 21.7 Å². The molecule has 2 heterocycles. The van der Waals surface area contributed by atoms with Crippen LogP contribution in [0.5, 0.6) is 11.5 Å². The molecule has 0 spiro atoms. The largest absolute Gasteiger partial charge is 0.493 e. The number of halogens is 1. The van der Waals surface area contributed by atoms with E-state index in [4.69, 9.17) is 9.47 Å². The van der Waals surface area contributed by atoms with E-state index in [1.165, 1.54) is 24.9 Å². The molecule has 2 aliphatic rings. The molecule has 3 rings (SSSR count). The maximum absolute atomic E-state index is 5.92. The molecule has 3 nitrogen and oxygen atoms in total. The fraction of sp³-hybridized carbons (Fsp3) is 0.571. The summed E-state index contributed by atoms with van der Waals surface area (Å²) in [5.74, 6) is 2.44. The highest BCUT2D eigenvalue weighted by atomic mass is 35.5. The van der Waals surface area contributed by atoms with E-state index < -0.39 is 0 Å². The van der Waals surface area contributed by atoms with Gasteiger partial charge in [0.25, 0.3) is 0 Å². The van der Waals surface area contributed by atoms with E-state index >= 15 is 0 Å². The van der Waals surface area contributed by atoms with Crippen molar-refractivity contribution in [1.82, 2.24) is 4.90 Å². The number of methoxy groups -OCH3 is 1. The van der Waals surface area contributed by atoms with E-state index in [1.807, 2.05) is 6.07 Å². The molecule has 0 saturated carbocycles. The smallest absolute Gasteiger partial charge is 0.164 e. The molecule has 2 aliphatic heterocycles. The average molecular weight is 270 g/mol. The Morgan fingerprint density at radius 3 is 3.00 bits per heavy atom. The zero-order chi connectivity index (χ0) is 11.8. The summed E-state index contributed by atoms with van der Waals surface area (Å²) in [5.41, 5.74) is 1.33. The lowest BCUT2D eigenvalue weighted by atomic mass is 9.82. The van der Waals surface area contributed by atoms with Crippen LogP contribution in [-0.4, -0.2) is 38.3 Å². The predicted molar refractivity (Wildman–Crippen MR) is 74.1 cm³/mol. The first-order valence-corrected chi connectivity index (χ1v) is 6.31. The fourth-order valence-corrected chi connectivity index (χ4v) is 3.14. The Morgan fingerprint density at radius 1 is 1.39 bits per heavy atom. The molecular formula is C14H20ClNO2. The summed E-state index contributed by atoms with van der Waals surface area (Å²) in [6, 6.07) is 6.76. The number of likely N-dealkylation sites (N-methyl/N-ethyl adjacent to an activating group) is 1. The van der Waals surface area contributed by atoms with Crippen molar-refractivity contribution in [2.75, 3.05) is 27.3 Å². The van der Waals surface area contributed by atoms with Gasteiger partial charge in [0.2, 0.25) is 0 Å². The Bertz CT molecular complexity index is 424. The fourth-order valence-electron chi connectivity index (χ4n) is 3.14. The minimum Gasteiger partial charge on any atom is -0.493 e. The molecule has 1 aromatic rings. The van der Waals surface area contributed by atoms with Crippen molar-refractivity contribution < 1.29 is 9.47 Å². The SMILES string of the molecule is COc1cccc2c1OC[C@H]1[C@H]2CCCN1C.Cl. The van der Waals surface area contributed by atoms with Gasteiger partial charge in [-0.15, -0.1) is 12.4 Å². The third-order valence-electron chi connectivity index (χ3n) is 4.08. The first-order chi connectivity index (χ1) is 8.31. The van der Waals surface area contributed by atoms with Gasteiger partial charge in [0.1, 0.15) is 6.61 Å². The van der Waals surface area contributed by atoms with Crippen LogP contribution in [0.25, 0.3) is 0 Å². The number of benzene rings is 1. The Kier molecular flexibility index (Phi) is 4.03. The summed E-state index contributed by atoms with van der Waals surface area (Å²) in [7, 11) is 3.91. The van der Waals surface area contributed by atoms with Crippen molar-refractivity contribution in [2.24, 2.45) is 0 Å². The summed E-state index contributed by atoms with van der Waals surface area (Å²) in [6.07, 6.45) is 2.53. The second-order valence-electron chi connectivity index (χ2n) is 4.99. The van der Waals surface area contributed by atoms with E-state index in [2.05, 4.69) is 24.1 Å². The Hall–Kier alpha value is -0.930. The zero-order valence-corrected chi connectivity index (χ0v) is 11.7. The Morgan fingerprint density at radius 2 is 2.22 bits per heavy atom. The van der Waals surface area contributed by atoms with Crippen molar-refractivity contribution >= 4 is 12.4 Å². The van der Waals surface area contributed by atoms with Crippen LogP contribution in [0.1, 0.15) is 24.3 Å². The van der Waals surface area contributed by atoms with Gasteiger partial charge in [-0.2, -0.15) is 0 Å². The summed E-state index contributed by atoms with van der Waals surface area (Å²) < 4.78 is 11.3. The Labute approximate surface area is 114 Å². The van der Waals surface area contributed by atoms with Crippen LogP contribution >= 0.6 is 12.4 Å². The second-order valence-corrected chi connectivity index (χ2v) is 4.99. The van der Waals surface area contributed by atoms with Crippen molar-refractivity contribution in [3.8, 4) is 11.5 Å². The van der Waals surface area contributed by atoms with Crippen LogP contribution < -0.4 is 9.47 Å². The lowest BCUT2D eigenvalue weighted by molar-refractivity contribution is 0.0848. The van der Waals surface area contributed by atoms with Gasteiger partial charge in [-0.1, -0.05) is 12.1 Å². The minimum atomic E-state index is 0. The predicted octanol–water partition coefficient (Wildman–Crippen LogP) is 2.69. The molecule has 100 valence electrons. The molecule has 0 radical (unpaired) electrons. The summed E-state index contributed by atoms with van der Waals surface area (Å²) in [6.45, 7) is 1.97. The first-order valence-electron chi connectivity index (χ1n) is 6.31.